The van der Waals surface area contributed by atoms with Crippen LogP contribution in [0.4, 0.5) is 10.5 Å². The molecule has 3 heterocycles. The number of anilines is 1. The molecule has 1 atom stereocenters. The molecule has 2 N–H and O–H groups in total. The number of fused-ring (bicyclic) bond motifs is 1. The molecule has 0 bridgehead atoms. The van der Waals surface area contributed by atoms with Gasteiger partial charge in [0.1, 0.15) is 11.1 Å². The summed E-state index contributed by atoms with van der Waals surface area (Å²) in [6.07, 6.45) is 3.37. The number of nitrogens with zero attached hydrogens (tertiary/aromatic N) is 3. The van der Waals surface area contributed by atoms with Crippen LogP contribution in [-0.4, -0.2) is 45.4 Å². The number of nitrogens with one attached hydrogen (secondary N) is 2. The molecule has 0 saturated carbocycles. The number of alkyl carbamates (subject to hydrolysis) is 1. The highest BCUT2D eigenvalue weighted by atomic mass is 32.1. The van der Waals surface area contributed by atoms with Gasteiger partial charge in [0, 0.05) is 32.4 Å². The van der Waals surface area contributed by atoms with Crippen molar-refractivity contribution in [1.29, 1.82) is 0 Å². The molecule has 3 rings (SSSR count). The van der Waals surface area contributed by atoms with Crippen LogP contribution in [0.15, 0.2) is 12.3 Å². The standard InChI is InChI=1S/C17H25N5O2S/c1-17(2,3)24-16(23)19-11-6-5-9-22(10-11)12-7-8-18-14-13(12)20-15(25)21(14)4/h7-8,11H,5-6,9-10H2,1-4H3,(H,19,23)(H,20,25). The average molecular weight is 363 g/mol. The fourth-order valence-electron chi connectivity index (χ4n) is 3.15. The molecule has 8 heteroatoms. The lowest BCUT2D eigenvalue weighted by Gasteiger charge is -2.35. The number of imidazole rings is 1. The minimum absolute atomic E-state index is 0.0542. The second-order valence-corrected chi connectivity index (χ2v) is 7.84. The molecule has 2 aromatic rings. The number of rotatable bonds is 2. The van der Waals surface area contributed by atoms with E-state index in [2.05, 4.69) is 20.2 Å². The summed E-state index contributed by atoms with van der Waals surface area (Å²) < 4.78 is 7.89. The molecule has 136 valence electrons. The zero-order valence-electron chi connectivity index (χ0n) is 15.1. The molecule has 1 aliphatic rings. The predicted molar refractivity (Wildman–Crippen MR) is 101 cm³/mol. The fourth-order valence-corrected chi connectivity index (χ4v) is 3.34. The molecule has 0 aliphatic carbocycles. The van der Waals surface area contributed by atoms with Crippen LogP contribution in [0, 0.1) is 4.77 Å². The maximum Gasteiger partial charge on any atom is 0.407 e. The Morgan fingerprint density at radius 2 is 2.24 bits per heavy atom. The lowest BCUT2D eigenvalue weighted by molar-refractivity contribution is 0.0500. The Morgan fingerprint density at radius 1 is 1.48 bits per heavy atom. The Bertz CT molecular complexity index is 836. The van der Waals surface area contributed by atoms with Crippen LogP contribution in [0.3, 0.4) is 0 Å². The summed E-state index contributed by atoms with van der Waals surface area (Å²) in [7, 11) is 1.90. The van der Waals surface area contributed by atoms with E-state index in [0.717, 1.165) is 42.8 Å². The highest BCUT2D eigenvalue weighted by molar-refractivity contribution is 7.71. The summed E-state index contributed by atoms with van der Waals surface area (Å²) in [5.41, 5.74) is 2.35. The number of hydrogen-bond donors (Lipinski definition) is 2. The molecular weight excluding hydrogens is 338 g/mol. The van der Waals surface area contributed by atoms with E-state index >= 15 is 0 Å². The van der Waals surface area contributed by atoms with Crippen LogP contribution in [0.1, 0.15) is 33.6 Å². The number of aromatic amines is 1. The van der Waals surface area contributed by atoms with Crippen molar-refractivity contribution < 1.29 is 9.53 Å². The number of aromatic nitrogens is 3. The smallest absolute Gasteiger partial charge is 0.407 e. The zero-order chi connectivity index (χ0) is 18.2. The molecule has 25 heavy (non-hydrogen) atoms. The Hall–Kier alpha value is -2.09. The summed E-state index contributed by atoms with van der Waals surface area (Å²) in [4.78, 5) is 22.0. The SMILES string of the molecule is Cn1c(=S)[nH]c2c(N3CCCC(NC(=O)OC(C)(C)C)C3)ccnc21. The van der Waals surface area contributed by atoms with Gasteiger partial charge in [0.2, 0.25) is 0 Å². The lowest BCUT2D eigenvalue weighted by atomic mass is 10.1. The van der Waals surface area contributed by atoms with Gasteiger partial charge in [0.15, 0.2) is 10.4 Å². The summed E-state index contributed by atoms with van der Waals surface area (Å²) in [5, 5.41) is 2.99. The van der Waals surface area contributed by atoms with Crippen LogP contribution < -0.4 is 10.2 Å². The number of pyridine rings is 1. The van der Waals surface area contributed by atoms with E-state index in [4.69, 9.17) is 17.0 Å². The average Bonchev–Trinajstić information content (AvgIpc) is 2.81. The summed E-state index contributed by atoms with van der Waals surface area (Å²) >= 11 is 5.32. The predicted octanol–water partition coefficient (Wildman–Crippen LogP) is 3.12. The molecular formula is C17H25N5O2S. The van der Waals surface area contributed by atoms with Crippen LogP contribution in [0.5, 0.6) is 0 Å². The number of carbonyl (C=O) groups is 1. The van der Waals surface area contributed by atoms with Crippen molar-refractivity contribution in [2.24, 2.45) is 7.05 Å². The normalized spacial score (nSPS) is 18.4. The van der Waals surface area contributed by atoms with Crippen molar-refractivity contribution in [3.8, 4) is 0 Å². The first kappa shape index (κ1) is 17.7. The third-order valence-corrected chi connectivity index (χ3v) is 4.62. The number of ether oxygens (including phenoxy) is 1. The monoisotopic (exact) mass is 363 g/mol. The zero-order valence-corrected chi connectivity index (χ0v) is 15.9. The van der Waals surface area contributed by atoms with E-state index in [1.807, 2.05) is 38.5 Å². The van der Waals surface area contributed by atoms with Crippen molar-refractivity contribution in [2.75, 3.05) is 18.0 Å². The molecule has 1 amide bonds. The van der Waals surface area contributed by atoms with E-state index in [9.17, 15) is 4.79 Å². The molecule has 0 spiro atoms. The number of hydrogen-bond acceptors (Lipinski definition) is 5. The first-order valence-electron chi connectivity index (χ1n) is 8.53. The summed E-state index contributed by atoms with van der Waals surface area (Å²) in [5.74, 6) is 0. The van der Waals surface area contributed by atoms with Gasteiger partial charge in [0.05, 0.1) is 5.69 Å². The van der Waals surface area contributed by atoms with Crippen molar-refractivity contribution in [3.05, 3.63) is 17.0 Å². The van der Waals surface area contributed by atoms with E-state index < -0.39 is 5.60 Å². The van der Waals surface area contributed by atoms with Crippen molar-refractivity contribution in [3.63, 3.8) is 0 Å². The van der Waals surface area contributed by atoms with Crippen LogP contribution in [0.25, 0.3) is 11.2 Å². The topological polar surface area (TPSA) is 75.2 Å². The number of carbonyl (C=O) groups excluding carboxylic acids is 1. The quantitative estimate of drug-likeness (QED) is 0.802. The van der Waals surface area contributed by atoms with E-state index in [1.54, 1.807) is 6.20 Å². The third kappa shape index (κ3) is 3.95. The second kappa shape index (κ2) is 6.67. The van der Waals surface area contributed by atoms with Gasteiger partial charge >= 0.3 is 6.09 Å². The van der Waals surface area contributed by atoms with Gasteiger partial charge in [-0.3, -0.25) is 0 Å². The molecule has 1 saturated heterocycles. The number of piperidine rings is 1. The van der Waals surface area contributed by atoms with Crippen molar-refractivity contribution in [1.82, 2.24) is 19.9 Å². The Labute approximate surface area is 152 Å². The van der Waals surface area contributed by atoms with E-state index in [1.165, 1.54) is 0 Å². The molecule has 0 aromatic carbocycles. The molecule has 0 radical (unpaired) electrons. The molecule has 7 nitrogen and oxygen atoms in total. The maximum atomic E-state index is 12.0. The number of amides is 1. The highest BCUT2D eigenvalue weighted by Gasteiger charge is 2.25. The van der Waals surface area contributed by atoms with Crippen molar-refractivity contribution >= 4 is 35.2 Å². The van der Waals surface area contributed by atoms with Gasteiger partial charge in [-0.15, -0.1) is 0 Å². The van der Waals surface area contributed by atoms with Crippen LogP contribution in [-0.2, 0) is 11.8 Å². The molecule has 1 aliphatic heterocycles. The molecule has 2 aromatic heterocycles. The van der Waals surface area contributed by atoms with Gasteiger partial charge in [-0.05, 0) is 51.9 Å². The Balaban J connectivity index is 1.77. The third-order valence-electron chi connectivity index (χ3n) is 4.25. The lowest BCUT2D eigenvalue weighted by Crippen LogP contribution is -2.49. The fraction of sp³-hybridized carbons (Fsp3) is 0.588. The van der Waals surface area contributed by atoms with Crippen LogP contribution in [0.2, 0.25) is 0 Å². The van der Waals surface area contributed by atoms with Gasteiger partial charge in [0.25, 0.3) is 0 Å². The Morgan fingerprint density at radius 3 is 2.96 bits per heavy atom. The number of H-pyrrole nitrogens is 1. The first-order valence-corrected chi connectivity index (χ1v) is 8.93. The van der Waals surface area contributed by atoms with E-state index in [-0.39, 0.29) is 12.1 Å². The maximum absolute atomic E-state index is 12.0. The second-order valence-electron chi connectivity index (χ2n) is 7.45. The molecule has 1 unspecified atom stereocenters. The van der Waals surface area contributed by atoms with Gasteiger partial charge in [-0.1, -0.05) is 0 Å². The molecule has 1 fully saturated rings. The van der Waals surface area contributed by atoms with Gasteiger partial charge < -0.3 is 24.5 Å². The van der Waals surface area contributed by atoms with Gasteiger partial charge in [-0.2, -0.15) is 0 Å². The number of aryl methyl sites for hydroxylation is 1. The van der Waals surface area contributed by atoms with Gasteiger partial charge in [-0.25, -0.2) is 9.78 Å². The summed E-state index contributed by atoms with van der Waals surface area (Å²) in [6.45, 7) is 7.26. The van der Waals surface area contributed by atoms with Crippen molar-refractivity contribution in [2.45, 2.75) is 45.3 Å². The highest BCUT2D eigenvalue weighted by Crippen LogP contribution is 2.27. The minimum atomic E-state index is -0.492. The summed E-state index contributed by atoms with van der Waals surface area (Å²) in [6, 6.07) is 2.04. The minimum Gasteiger partial charge on any atom is -0.444 e. The van der Waals surface area contributed by atoms with E-state index in [0.29, 0.717) is 4.77 Å². The first-order chi connectivity index (χ1) is 11.7. The van der Waals surface area contributed by atoms with Crippen LogP contribution >= 0.6 is 12.2 Å². The Kier molecular flexibility index (Phi) is 4.73. The largest absolute Gasteiger partial charge is 0.444 e.